The second kappa shape index (κ2) is 5.08. The van der Waals surface area contributed by atoms with E-state index < -0.39 is 11.9 Å². The summed E-state index contributed by atoms with van der Waals surface area (Å²) in [4.78, 5) is 19.0. The number of nitrogens with one attached hydrogen (secondary N) is 1. The molecule has 1 atom stereocenters. The number of pyridine rings is 1. The van der Waals surface area contributed by atoms with Gasteiger partial charge in [0.2, 0.25) is 5.88 Å². The van der Waals surface area contributed by atoms with Crippen LogP contribution in [0.5, 0.6) is 11.6 Å². The molecular weight excluding hydrogens is 296 g/mol. The number of aromatic nitrogens is 2. The third-order valence-corrected chi connectivity index (χ3v) is 3.90. The molecule has 0 spiro atoms. The van der Waals surface area contributed by atoms with Gasteiger partial charge in [0, 0.05) is 17.8 Å². The van der Waals surface area contributed by atoms with E-state index in [1.165, 1.54) is 0 Å². The fraction of sp³-hybridized carbons (Fsp3) is 0.125. The summed E-state index contributed by atoms with van der Waals surface area (Å²) in [6.45, 7) is 0. The molecule has 7 nitrogen and oxygen atoms in total. The summed E-state index contributed by atoms with van der Waals surface area (Å²) in [7, 11) is 0. The van der Waals surface area contributed by atoms with Crippen LogP contribution in [0.15, 0.2) is 42.7 Å². The third kappa shape index (κ3) is 2.23. The van der Waals surface area contributed by atoms with Gasteiger partial charge in [-0.05, 0) is 42.3 Å². The first-order chi connectivity index (χ1) is 11.1. The number of aromatic amines is 1. The second-order valence-electron chi connectivity index (χ2n) is 5.41. The van der Waals surface area contributed by atoms with E-state index in [0.29, 0.717) is 28.8 Å². The van der Waals surface area contributed by atoms with E-state index in [0.717, 1.165) is 16.5 Å². The summed E-state index contributed by atoms with van der Waals surface area (Å²) in [6.07, 6.45) is 3.84. The molecule has 0 saturated heterocycles. The average molecular weight is 310 g/mol. The third-order valence-electron chi connectivity index (χ3n) is 3.90. The van der Waals surface area contributed by atoms with Gasteiger partial charge in [0.25, 0.3) is 5.91 Å². The molecular formula is C16H14N4O3. The summed E-state index contributed by atoms with van der Waals surface area (Å²) in [5.74, 6) is 0.516. The van der Waals surface area contributed by atoms with Gasteiger partial charge in [0.05, 0.1) is 11.7 Å². The molecule has 1 unspecified atom stereocenters. The standard InChI is InChI=1S/C16H14N4O3/c17-12-8-10-7-11(1-2-13(10)20(22)16(12)21)23-15-14-9(3-5-18-14)4-6-19-15/h1-7,12,18,22H,8,17H2. The summed E-state index contributed by atoms with van der Waals surface area (Å²) in [5, 5.41) is 11.4. The number of anilines is 1. The molecule has 0 radical (unpaired) electrons. The maximum Gasteiger partial charge on any atom is 0.267 e. The van der Waals surface area contributed by atoms with Crippen LogP contribution >= 0.6 is 0 Å². The minimum absolute atomic E-state index is 0.350. The van der Waals surface area contributed by atoms with Crippen molar-refractivity contribution in [3.63, 3.8) is 0 Å². The van der Waals surface area contributed by atoms with E-state index in [1.54, 1.807) is 24.4 Å². The molecule has 116 valence electrons. The number of nitrogens with zero attached hydrogens (tertiary/aromatic N) is 2. The summed E-state index contributed by atoms with van der Waals surface area (Å²) < 4.78 is 5.85. The Hall–Kier alpha value is -2.90. The first kappa shape index (κ1) is 13.7. The van der Waals surface area contributed by atoms with Gasteiger partial charge in [-0.25, -0.2) is 4.98 Å². The molecule has 1 amide bonds. The topological polar surface area (TPSA) is 104 Å². The van der Waals surface area contributed by atoms with Gasteiger partial charge in [-0.2, -0.15) is 5.06 Å². The zero-order valence-electron chi connectivity index (χ0n) is 12.1. The van der Waals surface area contributed by atoms with Crippen molar-refractivity contribution in [3.05, 3.63) is 48.3 Å². The van der Waals surface area contributed by atoms with Crippen LogP contribution < -0.4 is 15.5 Å². The largest absolute Gasteiger partial charge is 0.437 e. The van der Waals surface area contributed by atoms with Crippen LogP contribution in [-0.4, -0.2) is 27.1 Å². The molecule has 0 bridgehead atoms. The Kier molecular flexibility index (Phi) is 3.03. The molecule has 0 fully saturated rings. The molecule has 4 rings (SSSR count). The van der Waals surface area contributed by atoms with E-state index in [9.17, 15) is 10.0 Å². The van der Waals surface area contributed by atoms with Crippen LogP contribution in [0.3, 0.4) is 0 Å². The number of carbonyl (C=O) groups is 1. The van der Waals surface area contributed by atoms with Gasteiger partial charge in [0.15, 0.2) is 0 Å². The number of ether oxygens (including phenoxy) is 1. The van der Waals surface area contributed by atoms with Gasteiger partial charge in [-0.15, -0.1) is 0 Å². The molecule has 1 aliphatic rings. The number of benzene rings is 1. The van der Waals surface area contributed by atoms with Crippen molar-refractivity contribution in [2.45, 2.75) is 12.5 Å². The van der Waals surface area contributed by atoms with Crippen molar-refractivity contribution in [2.24, 2.45) is 5.73 Å². The van der Waals surface area contributed by atoms with E-state index in [2.05, 4.69) is 9.97 Å². The number of rotatable bonds is 2. The molecule has 3 heterocycles. The highest BCUT2D eigenvalue weighted by Crippen LogP contribution is 2.32. The zero-order chi connectivity index (χ0) is 16.0. The van der Waals surface area contributed by atoms with E-state index in [-0.39, 0.29) is 0 Å². The molecule has 7 heteroatoms. The molecule has 3 aromatic rings. The van der Waals surface area contributed by atoms with E-state index in [4.69, 9.17) is 10.5 Å². The highest BCUT2D eigenvalue weighted by atomic mass is 16.5. The quantitative estimate of drug-likeness (QED) is 0.628. The SMILES string of the molecule is NC1Cc2cc(Oc3nccc4cc[nH]c34)ccc2N(O)C1=O. The zero-order valence-corrected chi connectivity index (χ0v) is 12.1. The predicted molar refractivity (Wildman–Crippen MR) is 83.6 cm³/mol. The van der Waals surface area contributed by atoms with Crippen LogP contribution in [0.4, 0.5) is 5.69 Å². The molecule has 4 N–H and O–H groups in total. The van der Waals surface area contributed by atoms with Crippen LogP contribution in [0.25, 0.3) is 10.9 Å². The van der Waals surface area contributed by atoms with Crippen molar-refractivity contribution in [1.29, 1.82) is 0 Å². The Morgan fingerprint density at radius 3 is 3.09 bits per heavy atom. The first-order valence-electron chi connectivity index (χ1n) is 7.15. The predicted octanol–water partition coefficient (Wildman–Crippen LogP) is 1.96. The van der Waals surface area contributed by atoms with Crippen molar-refractivity contribution in [1.82, 2.24) is 9.97 Å². The fourth-order valence-corrected chi connectivity index (χ4v) is 2.74. The van der Waals surface area contributed by atoms with Gasteiger partial charge in [-0.1, -0.05) is 0 Å². The fourth-order valence-electron chi connectivity index (χ4n) is 2.74. The molecule has 0 aliphatic carbocycles. The molecule has 1 aromatic carbocycles. The Balaban J connectivity index is 1.70. The summed E-state index contributed by atoms with van der Waals surface area (Å²) in [6, 6.07) is 8.13. The van der Waals surface area contributed by atoms with Crippen LogP contribution in [-0.2, 0) is 11.2 Å². The minimum atomic E-state index is -0.757. The van der Waals surface area contributed by atoms with Crippen molar-refractivity contribution < 1.29 is 14.7 Å². The van der Waals surface area contributed by atoms with Gasteiger partial charge >= 0.3 is 0 Å². The number of hydrogen-bond donors (Lipinski definition) is 3. The minimum Gasteiger partial charge on any atom is -0.437 e. The number of carbonyl (C=O) groups excluding carboxylic acids is 1. The Morgan fingerprint density at radius 1 is 1.35 bits per heavy atom. The monoisotopic (exact) mass is 310 g/mol. The number of nitrogens with two attached hydrogens (primary N) is 1. The number of hydrogen-bond acceptors (Lipinski definition) is 5. The van der Waals surface area contributed by atoms with Crippen LogP contribution in [0.1, 0.15) is 5.56 Å². The highest BCUT2D eigenvalue weighted by molar-refractivity contribution is 5.98. The smallest absolute Gasteiger partial charge is 0.267 e. The highest BCUT2D eigenvalue weighted by Gasteiger charge is 2.29. The van der Waals surface area contributed by atoms with Crippen LogP contribution in [0, 0.1) is 0 Å². The van der Waals surface area contributed by atoms with Crippen molar-refractivity contribution in [2.75, 3.05) is 5.06 Å². The summed E-state index contributed by atoms with van der Waals surface area (Å²) in [5.41, 5.74) is 7.72. The normalized spacial score (nSPS) is 17.4. The lowest BCUT2D eigenvalue weighted by Crippen LogP contribution is -2.47. The lowest BCUT2D eigenvalue weighted by Gasteiger charge is -2.27. The molecule has 2 aromatic heterocycles. The Bertz CT molecular complexity index is 905. The Labute approximate surface area is 131 Å². The van der Waals surface area contributed by atoms with E-state index >= 15 is 0 Å². The summed E-state index contributed by atoms with van der Waals surface area (Å²) >= 11 is 0. The lowest BCUT2D eigenvalue weighted by molar-refractivity contribution is -0.125. The number of amides is 1. The Morgan fingerprint density at radius 2 is 2.22 bits per heavy atom. The van der Waals surface area contributed by atoms with Gasteiger partial charge in [-0.3, -0.25) is 10.0 Å². The number of fused-ring (bicyclic) bond motifs is 2. The van der Waals surface area contributed by atoms with Gasteiger partial charge in [0.1, 0.15) is 11.3 Å². The van der Waals surface area contributed by atoms with Crippen molar-refractivity contribution in [3.8, 4) is 11.6 Å². The molecule has 1 aliphatic heterocycles. The van der Waals surface area contributed by atoms with Crippen molar-refractivity contribution >= 4 is 22.5 Å². The average Bonchev–Trinajstić information content (AvgIpc) is 3.02. The maximum atomic E-state index is 11.7. The maximum absolute atomic E-state index is 11.7. The lowest BCUT2D eigenvalue weighted by atomic mass is 9.99. The number of hydroxylamine groups is 1. The first-order valence-corrected chi connectivity index (χ1v) is 7.15. The number of H-pyrrole nitrogens is 1. The van der Waals surface area contributed by atoms with Gasteiger partial charge < -0.3 is 15.5 Å². The second-order valence-corrected chi connectivity index (χ2v) is 5.41. The molecule has 23 heavy (non-hydrogen) atoms. The molecule has 0 saturated carbocycles. The van der Waals surface area contributed by atoms with Crippen LogP contribution in [0.2, 0.25) is 0 Å². The van der Waals surface area contributed by atoms with E-state index in [1.807, 2.05) is 18.3 Å².